The number of nitrogens with one attached hydrogen (secondary N) is 1. The molecule has 0 aliphatic heterocycles. The third-order valence-electron chi connectivity index (χ3n) is 4.09. The Balaban J connectivity index is 2.20. The van der Waals surface area contributed by atoms with E-state index in [4.69, 9.17) is 5.73 Å². The Bertz CT molecular complexity index is 1050. The van der Waals surface area contributed by atoms with Crippen molar-refractivity contribution in [2.24, 2.45) is 5.41 Å². The SMILES string of the molecule is CC(C)(Cc1cccc2nc(N)c3[nH]c(CO)nc3c12)CS(C)(=O)=O. The van der Waals surface area contributed by atoms with Crippen LogP contribution in [0, 0.1) is 5.41 Å². The van der Waals surface area contributed by atoms with Crippen LogP contribution in [0.1, 0.15) is 25.2 Å². The molecule has 4 N–H and O–H groups in total. The molecular formula is C17H22N4O3S. The van der Waals surface area contributed by atoms with Gasteiger partial charge in [0.05, 0.1) is 11.3 Å². The van der Waals surface area contributed by atoms with E-state index >= 15 is 0 Å². The third kappa shape index (κ3) is 3.59. The maximum atomic E-state index is 11.7. The number of nitrogens with two attached hydrogens (primary N) is 1. The van der Waals surface area contributed by atoms with Crippen molar-refractivity contribution in [3.63, 3.8) is 0 Å². The summed E-state index contributed by atoms with van der Waals surface area (Å²) in [4.78, 5) is 11.9. The Morgan fingerprint density at radius 2 is 2.00 bits per heavy atom. The molecule has 7 nitrogen and oxygen atoms in total. The van der Waals surface area contributed by atoms with Gasteiger partial charge in [-0.25, -0.2) is 18.4 Å². The van der Waals surface area contributed by atoms with Crippen molar-refractivity contribution in [3.8, 4) is 0 Å². The number of rotatable bonds is 5. The zero-order valence-electron chi connectivity index (χ0n) is 14.5. The highest BCUT2D eigenvalue weighted by Crippen LogP contribution is 2.33. The highest BCUT2D eigenvalue weighted by atomic mass is 32.2. The number of anilines is 1. The second-order valence-corrected chi connectivity index (χ2v) is 9.42. The zero-order chi connectivity index (χ0) is 18.4. The summed E-state index contributed by atoms with van der Waals surface area (Å²) in [5.74, 6) is 0.827. The van der Waals surface area contributed by atoms with Crippen molar-refractivity contribution in [2.75, 3.05) is 17.7 Å². The van der Waals surface area contributed by atoms with E-state index in [0.717, 1.165) is 10.9 Å². The fraction of sp³-hybridized carbons (Fsp3) is 0.412. The monoisotopic (exact) mass is 362 g/mol. The van der Waals surface area contributed by atoms with E-state index in [1.807, 2.05) is 32.0 Å². The molecule has 1 aromatic carbocycles. The summed E-state index contributed by atoms with van der Waals surface area (Å²) in [5.41, 5.74) is 8.47. The van der Waals surface area contributed by atoms with Crippen molar-refractivity contribution >= 4 is 37.6 Å². The molecule has 2 heterocycles. The molecular weight excluding hydrogens is 340 g/mol. The van der Waals surface area contributed by atoms with Gasteiger partial charge in [0.15, 0.2) is 0 Å². The number of hydrogen-bond acceptors (Lipinski definition) is 6. The first-order valence-corrected chi connectivity index (χ1v) is 10.00. The Labute approximate surface area is 146 Å². The molecule has 0 amide bonds. The van der Waals surface area contributed by atoms with E-state index < -0.39 is 15.3 Å². The van der Waals surface area contributed by atoms with Gasteiger partial charge in [-0.1, -0.05) is 26.0 Å². The van der Waals surface area contributed by atoms with Gasteiger partial charge in [0.1, 0.15) is 39.1 Å². The number of H-pyrrole nitrogens is 1. The Hall–Kier alpha value is -2.19. The van der Waals surface area contributed by atoms with Gasteiger partial charge in [-0.2, -0.15) is 0 Å². The molecule has 3 aromatic rings. The van der Waals surface area contributed by atoms with E-state index in [9.17, 15) is 13.5 Å². The largest absolute Gasteiger partial charge is 0.388 e. The standard InChI is InChI=1S/C17H22N4O3S/c1-17(2,9-25(3,23)24)7-10-5-4-6-11-13(10)14-15(16(18)19-11)21-12(8-22)20-14/h4-6,22H,7-9H2,1-3H3,(H2,18,19)(H,20,21). The molecule has 25 heavy (non-hydrogen) atoms. The molecule has 0 fully saturated rings. The molecule has 0 saturated carbocycles. The van der Waals surface area contributed by atoms with Gasteiger partial charge in [-0.15, -0.1) is 0 Å². The fourth-order valence-corrected chi connectivity index (χ4v) is 4.95. The number of benzene rings is 1. The van der Waals surface area contributed by atoms with Crippen LogP contribution in [0.25, 0.3) is 21.9 Å². The van der Waals surface area contributed by atoms with Gasteiger partial charge in [0.2, 0.25) is 0 Å². The number of fused-ring (bicyclic) bond motifs is 3. The van der Waals surface area contributed by atoms with Gasteiger partial charge in [-0.3, -0.25) is 0 Å². The number of aromatic nitrogens is 3. The van der Waals surface area contributed by atoms with E-state index in [0.29, 0.717) is 34.6 Å². The molecule has 8 heteroatoms. The van der Waals surface area contributed by atoms with Crippen LogP contribution in [0.15, 0.2) is 18.2 Å². The van der Waals surface area contributed by atoms with Crippen molar-refractivity contribution in [1.29, 1.82) is 0 Å². The minimum absolute atomic E-state index is 0.0877. The number of aliphatic hydroxyl groups is 1. The Kier molecular flexibility index (Phi) is 4.20. The normalized spacial score (nSPS) is 13.0. The molecule has 3 rings (SSSR count). The lowest BCUT2D eigenvalue weighted by Crippen LogP contribution is -2.25. The Morgan fingerprint density at radius 3 is 2.64 bits per heavy atom. The average Bonchev–Trinajstić information content (AvgIpc) is 2.89. The van der Waals surface area contributed by atoms with E-state index in [1.54, 1.807) is 0 Å². The quantitative estimate of drug-likeness (QED) is 0.636. The lowest BCUT2D eigenvalue weighted by molar-refractivity contribution is 0.273. The minimum Gasteiger partial charge on any atom is -0.388 e. The molecule has 0 aliphatic rings. The van der Waals surface area contributed by atoms with Gasteiger partial charge in [0.25, 0.3) is 0 Å². The molecule has 0 bridgehead atoms. The highest BCUT2D eigenvalue weighted by Gasteiger charge is 2.26. The summed E-state index contributed by atoms with van der Waals surface area (Å²) in [6.07, 6.45) is 1.80. The first-order valence-electron chi connectivity index (χ1n) is 7.94. The van der Waals surface area contributed by atoms with Crippen LogP contribution in [0.2, 0.25) is 0 Å². The number of nitrogen functional groups attached to an aromatic ring is 1. The summed E-state index contributed by atoms with van der Waals surface area (Å²) in [6.45, 7) is 3.63. The van der Waals surface area contributed by atoms with Crippen molar-refractivity contribution in [1.82, 2.24) is 15.0 Å². The van der Waals surface area contributed by atoms with Crippen molar-refractivity contribution in [3.05, 3.63) is 29.6 Å². The van der Waals surface area contributed by atoms with Crippen molar-refractivity contribution in [2.45, 2.75) is 26.9 Å². The van der Waals surface area contributed by atoms with Crippen LogP contribution in [-0.2, 0) is 22.9 Å². The van der Waals surface area contributed by atoms with Gasteiger partial charge in [-0.05, 0) is 23.5 Å². The summed E-state index contributed by atoms with van der Waals surface area (Å²) in [6, 6.07) is 5.69. The summed E-state index contributed by atoms with van der Waals surface area (Å²) < 4.78 is 23.5. The summed E-state index contributed by atoms with van der Waals surface area (Å²) in [7, 11) is -3.09. The number of aromatic amines is 1. The number of pyridine rings is 1. The maximum Gasteiger partial charge on any atom is 0.150 e. The number of nitrogens with zero attached hydrogens (tertiary/aromatic N) is 2. The average molecular weight is 362 g/mol. The van der Waals surface area contributed by atoms with Crippen LogP contribution in [0.3, 0.4) is 0 Å². The van der Waals surface area contributed by atoms with E-state index in [-0.39, 0.29) is 12.4 Å². The lowest BCUT2D eigenvalue weighted by atomic mass is 9.86. The first-order chi connectivity index (χ1) is 11.6. The van der Waals surface area contributed by atoms with Crippen LogP contribution < -0.4 is 5.73 Å². The number of hydrogen-bond donors (Lipinski definition) is 3. The minimum atomic E-state index is -3.09. The zero-order valence-corrected chi connectivity index (χ0v) is 15.3. The van der Waals surface area contributed by atoms with Gasteiger partial charge < -0.3 is 15.8 Å². The van der Waals surface area contributed by atoms with Crippen LogP contribution in [0.5, 0.6) is 0 Å². The van der Waals surface area contributed by atoms with Crippen molar-refractivity contribution < 1.29 is 13.5 Å². The number of aliphatic hydroxyl groups excluding tert-OH is 1. The molecule has 0 saturated heterocycles. The second-order valence-electron chi connectivity index (χ2n) is 7.28. The number of imidazole rings is 1. The molecule has 0 spiro atoms. The lowest BCUT2D eigenvalue weighted by Gasteiger charge is -2.24. The topological polar surface area (TPSA) is 122 Å². The molecule has 0 atom stereocenters. The second kappa shape index (κ2) is 5.96. The smallest absolute Gasteiger partial charge is 0.150 e. The van der Waals surface area contributed by atoms with Crippen LogP contribution >= 0.6 is 0 Å². The predicted octanol–water partition coefficient (Wildman–Crippen LogP) is 1.80. The molecule has 0 radical (unpaired) electrons. The number of sulfone groups is 1. The molecule has 134 valence electrons. The Morgan fingerprint density at radius 1 is 1.28 bits per heavy atom. The fourth-order valence-electron chi connectivity index (χ4n) is 3.43. The van der Waals surface area contributed by atoms with Gasteiger partial charge in [0, 0.05) is 11.6 Å². The molecule has 2 aromatic heterocycles. The first kappa shape index (κ1) is 17.6. The van der Waals surface area contributed by atoms with E-state index in [2.05, 4.69) is 15.0 Å². The molecule has 0 unspecified atom stereocenters. The van der Waals surface area contributed by atoms with Gasteiger partial charge >= 0.3 is 0 Å². The summed E-state index contributed by atoms with van der Waals surface area (Å²) >= 11 is 0. The van der Waals surface area contributed by atoms with E-state index in [1.165, 1.54) is 6.26 Å². The summed E-state index contributed by atoms with van der Waals surface area (Å²) in [5, 5.41) is 10.2. The van der Waals surface area contributed by atoms with Crippen LogP contribution in [0.4, 0.5) is 5.82 Å². The molecule has 0 aliphatic carbocycles. The van der Waals surface area contributed by atoms with Crippen LogP contribution in [-0.4, -0.2) is 40.5 Å². The third-order valence-corrected chi connectivity index (χ3v) is 5.39. The predicted molar refractivity (Wildman–Crippen MR) is 98.9 cm³/mol. The maximum absolute atomic E-state index is 11.7. The highest BCUT2D eigenvalue weighted by molar-refractivity contribution is 7.90.